The number of H-pyrrole nitrogens is 1. The van der Waals surface area contributed by atoms with E-state index >= 15 is 0 Å². The fourth-order valence-corrected chi connectivity index (χ4v) is 5.10. The van der Waals surface area contributed by atoms with Crippen LogP contribution in [-0.4, -0.2) is 9.97 Å². The molecule has 0 aliphatic heterocycles. The SMILES string of the molecule is c1ccc(-c2cc(-c3ccccc3)nc(-c3ccc4[nH]c5ccc(-c6ccccc6)cc5c4c3)c2)cc1. The summed E-state index contributed by atoms with van der Waals surface area (Å²) in [6, 6.07) is 49.1. The van der Waals surface area contributed by atoms with Crippen molar-refractivity contribution in [1.82, 2.24) is 9.97 Å². The van der Waals surface area contributed by atoms with Crippen LogP contribution in [0, 0.1) is 0 Å². The van der Waals surface area contributed by atoms with E-state index in [1.807, 2.05) is 6.07 Å². The first kappa shape index (κ1) is 21.3. The molecule has 0 aliphatic carbocycles. The summed E-state index contributed by atoms with van der Waals surface area (Å²) >= 11 is 0. The number of aromatic amines is 1. The van der Waals surface area contributed by atoms with E-state index in [2.05, 4.69) is 138 Å². The second-order valence-corrected chi connectivity index (χ2v) is 9.37. The van der Waals surface area contributed by atoms with Gasteiger partial charge < -0.3 is 4.98 Å². The Kier molecular flexibility index (Phi) is 5.15. The molecule has 7 rings (SSSR count). The first-order chi connectivity index (χ1) is 18.3. The van der Waals surface area contributed by atoms with Crippen LogP contribution in [-0.2, 0) is 0 Å². The lowest BCUT2D eigenvalue weighted by atomic mass is 9.98. The van der Waals surface area contributed by atoms with Crippen molar-refractivity contribution in [2.24, 2.45) is 0 Å². The fourth-order valence-electron chi connectivity index (χ4n) is 5.10. The maximum atomic E-state index is 5.13. The minimum atomic E-state index is 0.968. The van der Waals surface area contributed by atoms with Crippen molar-refractivity contribution in [3.05, 3.63) is 140 Å². The number of rotatable bonds is 4. The van der Waals surface area contributed by atoms with Gasteiger partial charge in [0, 0.05) is 32.9 Å². The Balaban J connectivity index is 1.41. The van der Waals surface area contributed by atoms with Gasteiger partial charge in [-0.1, -0.05) is 103 Å². The van der Waals surface area contributed by atoms with Gasteiger partial charge in [-0.2, -0.15) is 0 Å². The van der Waals surface area contributed by atoms with Gasteiger partial charge in [-0.25, -0.2) is 4.98 Å². The van der Waals surface area contributed by atoms with E-state index in [1.165, 1.54) is 27.5 Å². The number of hydrogen-bond acceptors (Lipinski definition) is 1. The Morgan fingerprint density at radius 1 is 0.351 bits per heavy atom. The summed E-state index contributed by atoms with van der Waals surface area (Å²) < 4.78 is 0. The lowest BCUT2D eigenvalue weighted by Crippen LogP contribution is -1.91. The van der Waals surface area contributed by atoms with Crippen molar-refractivity contribution in [2.45, 2.75) is 0 Å². The van der Waals surface area contributed by atoms with Crippen molar-refractivity contribution in [3.63, 3.8) is 0 Å². The van der Waals surface area contributed by atoms with Gasteiger partial charge in [0.15, 0.2) is 0 Å². The minimum Gasteiger partial charge on any atom is -0.355 e. The third-order valence-corrected chi connectivity index (χ3v) is 7.00. The summed E-state index contributed by atoms with van der Waals surface area (Å²) in [5.41, 5.74) is 11.2. The second kappa shape index (κ2) is 8.92. The molecular weight excluding hydrogens is 448 g/mol. The molecule has 7 aromatic rings. The minimum absolute atomic E-state index is 0.968. The van der Waals surface area contributed by atoms with Crippen molar-refractivity contribution in [1.29, 1.82) is 0 Å². The van der Waals surface area contributed by atoms with Gasteiger partial charge in [0.05, 0.1) is 11.4 Å². The Morgan fingerprint density at radius 2 is 0.811 bits per heavy atom. The number of fused-ring (bicyclic) bond motifs is 3. The normalized spacial score (nSPS) is 11.2. The number of pyridine rings is 1. The first-order valence-corrected chi connectivity index (χ1v) is 12.6. The molecule has 5 aromatic carbocycles. The molecule has 0 amide bonds. The predicted molar refractivity (Wildman–Crippen MR) is 155 cm³/mol. The lowest BCUT2D eigenvalue weighted by Gasteiger charge is -2.10. The van der Waals surface area contributed by atoms with Crippen LogP contribution in [0.5, 0.6) is 0 Å². The van der Waals surface area contributed by atoms with Gasteiger partial charge in [-0.3, -0.25) is 0 Å². The number of nitrogens with zero attached hydrogens (tertiary/aromatic N) is 1. The van der Waals surface area contributed by atoms with E-state index in [1.54, 1.807) is 0 Å². The summed E-state index contributed by atoms with van der Waals surface area (Å²) in [7, 11) is 0. The van der Waals surface area contributed by atoms with E-state index in [-0.39, 0.29) is 0 Å². The molecule has 0 aliphatic rings. The molecule has 2 heteroatoms. The first-order valence-electron chi connectivity index (χ1n) is 12.6. The van der Waals surface area contributed by atoms with E-state index in [0.717, 1.165) is 39.1 Å². The van der Waals surface area contributed by atoms with E-state index in [9.17, 15) is 0 Å². The third-order valence-electron chi connectivity index (χ3n) is 7.00. The number of nitrogens with one attached hydrogen (secondary N) is 1. The molecule has 0 saturated heterocycles. The Morgan fingerprint density at radius 3 is 1.41 bits per heavy atom. The Hall–Kier alpha value is -4.95. The van der Waals surface area contributed by atoms with Crippen LogP contribution in [0.3, 0.4) is 0 Å². The predicted octanol–water partition coefficient (Wildman–Crippen LogP) is 9.38. The highest BCUT2D eigenvalue weighted by molar-refractivity contribution is 6.09. The number of benzene rings is 5. The zero-order valence-electron chi connectivity index (χ0n) is 20.2. The topological polar surface area (TPSA) is 28.7 Å². The average molecular weight is 473 g/mol. The van der Waals surface area contributed by atoms with Gasteiger partial charge in [-0.05, 0) is 58.7 Å². The van der Waals surface area contributed by atoms with Crippen LogP contribution < -0.4 is 0 Å². The molecule has 2 aromatic heterocycles. The summed E-state index contributed by atoms with van der Waals surface area (Å²) in [5, 5.41) is 2.43. The van der Waals surface area contributed by atoms with Crippen LogP contribution >= 0.6 is 0 Å². The monoisotopic (exact) mass is 472 g/mol. The van der Waals surface area contributed by atoms with Crippen LogP contribution in [0.25, 0.3) is 66.6 Å². The average Bonchev–Trinajstić information content (AvgIpc) is 3.35. The smallest absolute Gasteiger partial charge is 0.0715 e. The molecule has 2 nitrogen and oxygen atoms in total. The van der Waals surface area contributed by atoms with Gasteiger partial charge in [0.2, 0.25) is 0 Å². The number of aromatic nitrogens is 2. The largest absolute Gasteiger partial charge is 0.355 e. The molecule has 37 heavy (non-hydrogen) atoms. The Labute approximate surface area is 215 Å². The summed E-state index contributed by atoms with van der Waals surface area (Å²) in [5.74, 6) is 0. The highest BCUT2D eigenvalue weighted by Crippen LogP contribution is 2.35. The molecule has 0 radical (unpaired) electrons. The summed E-state index contributed by atoms with van der Waals surface area (Å²) in [6.07, 6.45) is 0. The zero-order valence-corrected chi connectivity index (χ0v) is 20.2. The standard InChI is InChI=1S/C35H24N2/c1-4-10-24(11-5-1)27-16-18-32-30(20-27)31-21-28(17-19-33(31)36-32)35-23-29(25-12-6-2-7-13-25)22-34(37-35)26-14-8-3-9-15-26/h1-23,36H. The van der Waals surface area contributed by atoms with Gasteiger partial charge in [0.1, 0.15) is 0 Å². The maximum Gasteiger partial charge on any atom is 0.0715 e. The summed E-state index contributed by atoms with van der Waals surface area (Å²) in [6.45, 7) is 0. The molecule has 0 bridgehead atoms. The van der Waals surface area contributed by atoms with E-state index in [4.69, 9.17) is 4.98 Å². The van der Waals surface area contributed by atoms with Crippen molar-refractivity contribution in [2.75, 3.05) is 0 Å². The molecule has 1 N–H and O–H groups in total. The fraction of sp³-hybridized carbons (Fsp3) is 0. The molecule has 0 fully saturated rings. The van der Waals surface area contributed by atoms with Crippen LogP contribution in [0.4, 0.5) is 0 Å². The van der Waals surface area contributed by atoms with Crippen LogP contribution in [0.1, 0.15) is 0 Å². The highest BCUT2D eigenvalue weighted by atomic mass is 14.7. The molecule has 2 heterocycles. The van der Waals surface area contributed by atoms with Crippen molar-refractivity contribution < 1.29 is 0 Å². The maximum absolute atomic E-state index is 5.13. The Bertz CT molecular complexity index is 1790. The van der Waals surface area contributed by atoms with Gasteiger partial charge >= 0.3 is 0 Å². The molecule has 174 valence electrons. The molecule has 0 spiro atoms. The molecular formula is C35H24N2. The lowest BCUT2D eigenvalue weighted by molar-refractivity contribution is 1.32. The van der Waals surface area contributed by atoms with E-state index in [0.29, 0.717) is 0 Å². The van der Waals surface area contributed by atoms with E-state index < -0.39 is 0 Å². The van der Waals surface area contributed by atoms with Crippen LogP contribution in [0.2, 0.25) is 0 Å². The second-order valence-electron chi connectivity index (χ2n) is 9.37. The summed E-state index contributed by atoms with van der Waals surface area (Å²) in [4.78, 5) is 8.71. The van der Waals surface area contributed by atoms with Crippen molar-refractivity contribution >= 4 is 21.8 Å². The van der Waals surface area contributed by atoms with Gasteiger partial charge in [-0.15, -0.1) is 0 Å². The molecule has 0 unspecified atom stereocenters. The molecule has 0 atom stereocenters. The third kappa shape index (κ3) is 3.99. The number of hydrogen-bond donors (Lipinski definition) is 1. The zero-order chi connectivity index (χ0) is 24.6. The van der Waals surface area contributed by atoms with Crippen molar-refractivity contribution in [3.8, 4) is 44.8 Å². The quantitative estimate of drug-likeness (QED) is 0.271. The van der Waals surface area contributed by atoms with Gasteiger partial charge in [0.25, 0.3) is 0 Å². The highest BCUT2D eigenvalue weighted by Gasteiger charge is 2.12. The molecule has 0 saturated carbocycles. The van der Waals surface area contributed by atoms with Crippen LogP contribution in [0.15, 0.2) is 140 Å².